The predicted molar refractivity (Wildman–Crippen MR) is 94.4 cm³/mol. The molecular weight excluding hydrogens is 266 g/mol. The van der Waals surface area contributed by atoms with Crippen LogP contribution in [0.25, 0.3) is 5.57 Å². The first kappa shape index (κ1) is 14.3. The van der Waals surface area contributed by atoms with Gasteiger partial charge in [-0.3, -0.25) is 0 Å². The standard InChI is InChI=1S/C21H19N/c1-15-12-16(2)14-18(13-15)21(17-8-4-3-5-9-17)19-10-6-7-11-20(19)22/h3-14,22H,1-2H3/b21-19-,22-20?. The van der Waals surface area contributed by atoms with Gasteiger partial charge < -0.3 is 5.41 Å². The Hall–Kier alpha value is -2.67. The first-order valence-corrected chi connectivity index (χ1v) is 7.47. The molecule has 108 valence electrons. The van der Waals surface area contributed by atoms with Crippen LogP contribution in [-0.4, -0.2) is 5.71 Å². The van der Waals surface area contributed by atoms with Crippen molar-refractivity contribution < 1.29 is 0 Å². The number of hydrogen-bond acceptors (Lipinski definition) is 1. The number of nitrogens with one attached hydrogen (secondary N) is 1. The van der Waals surface area contributed by atoms with Gasteiger partial charge in [0.05, 0.1) is 5.71 Å². The smallest absolute Gasteiger partial charge is 0.0618 e. The predicted octanol–water partition coefficient (Wildman–Crippen LogP) is 5.25. The van der Waals surface area contributed by atoms with Crippen LogP contribution < -0.4 is 0 Å². The van der Waals surface area contributed by atoms with Gasteiger partial charge in [-0.2, -0.15) is 0 Å². The summed E-state index contributed by atoms with van der Waals surface area (Å²) in [5.74, 6) is 0. The molecule has 0 saturated heterocycles. The fraction of sp³-hybridized carbons (Fsp3) is 0.0952. The lowest BCUT2D eigenvalue weighted by Crippen LogP contribution is -2.04. The highest BCUT2D eigenvalue weighted by Crippen LogP contribution is 2.30. The minimum atomic E-state index is 0.556. The van der Waals surface area contributed by atoms with Gasteiger partial charge >= 0.3 is 0 Å². The average Bonchev–Trinajstić information content (AvgIpc) is 2.50. The number of allylic oxidation sites excluding steroid dienone is 5. The van der Waals surface area contributed by atoms with E-state index in [0.717, 1.165) is 16.7 Å². The van der Waals surface area contributed by atoms with Crippen LogP contribution in [0.15, 0.2) is 78.4 Å². The lowest BCUT2D eigenvalue weighted by atomic mass is 9.88. The van der Waals surface area contributed by atoms with Crippen LogP contribution >= 0.6 is 0 Å². The van der Waals surface area contributed by atoms with Crippen molar-refractivity contribution in [2.75, 3.05) is 0 Å². The maximum absolute atomic E-state index is 8.29. The van der Waals surface area contributed by atoms with E-state index in [2.05, 4.69) is 44.2 Å². The van der Waals surface area contributed by atoms with E-state index in [4.69, 9.17) is 5.41 Å². The Morgan fingerprint density at radius 3 is 2.05 bits per heavy atom. The molecule has 1 aliphatic carbocycles. The van der Waals surface area contributed by atoms with Gasteiger partial charge in [0.2, 0.25) is 0 Å². The van der Waals surface area contributed by atoms with Gasteiger partial charge in [-0.25, -0.2) is 0 Å². The van der Waals surface area contributed by atoms with E-state index < -0.39 is 0 Å². The molecule has 0 unspecified atom stereocenters. The summed E-state index contributed by atoms with van der Waals surface area (Å²) in [5, 5.41) is 8.29. The maximum Gasteiger partial charge on any atom is 0.0618 e. The number of aryl methyl sites for hydroxylation is 2. The molecular formula is C21H19N. The molecule has 1 nitrogen and oxygen atoms in total. The van der Waals surface area contributed by atoms with E-state index in [0.29, 0.717) is 5.71 Å². The molecule has 0 aromatic heterocycles. The van der Waals surface area contributed by atoms with Crippen LogP contribution in [0.3, 0.4) is 0 Å². The molecule has 0 amide bonds. The van der Waals surface area contributed by atoms with Crippen molar-refractivity contribution in [3.05, 3.63) is 101 Å². The minimum Gasteiger partial charge on any atom is -0.300 e. The Labute approximate surface area is 131 Å². The molecule has 1 aliphatic rings. The monoisotopic (exact) mass is 285 g/mol. The highest BCUT2D eigenvalue weighted by atomic mass is 14.4. The van der Waals surface area contributed by atoms with E-state index >= 15 is 0 Å². The summed E-state index contributed by atoms with van der Waals surface area (Å²) >= 11 is 0. The Morgan fingerprint density at radius 2 is 1.41 bits per heavy atom. The van der Waals surface area contributed by atoms with Crippen molar-refractivity contribution in [1.29, 1.82) is 5.41 Å². The first-order chi connectivity index (χ1) is 10.6. The van der Waals surface area contributed by atoms with Crippen molar-refractivity contribution in [2.45, 2.75) is 13.8 Å². The zero-order valence-corrected chi connectivity index (χ0v) is 12.9. The summed E-state index contributed by atoms with van der Waals surface area (Å²) in [4.78, 5) is 0. The molecule has 22 heavy (non-hydrogen) atoms. The van der Waals surface area contributed by atoms with Crippen LogP contribution in [-0.2, 0) is 0 Å². The van der Waals surface area contributed by atoms with Gasteiger partial charge in [-0.05, 0) is 36.6 Å². The zero-order valence-electron chi connectivity index (χ0n) is 12.9. The molecule has 1 N–H and O–H groups in total. The summed E-state index contributed by atoms with van der Waals surface area (Å²) in [7, 11) is 0. The molecule has 0 heterocycles. The summed E-state index contributed by atoms with van der Waals surface area (Å²) < 4.78 is 0. The largest absolute Gasteiger partial charge is 0.300 e. The topological polar surface area (TPSA) is 23.9 Å². The molecule has 0 saturated carbocycles. The van der Waals surface area contributed by atoms with Crippen LogP contribution in [0.2, 0.25) is 0 Å². The number of rotatable bonds is 2. The molecule has 0 bridgehead atoms. The fourth-order valence-corrected chi connectivity index (χ4v) is 2.90. The van der Waals surface area contributed by atoms with Crippen molar-refractivity contribution in [2.24, 2.45) is 0 Å². The number of hydrogen-bond donors (Lipinski definition) is 1. The third kappa shape index (κ3) is 2.84. The van der Waals surface area contributed by atoms with Crippen molar-refractivity contribution in [3.8, 4) is 0 Å². The molecule has 2 aromatic rings. The van der Waals surface area contributed by atoms with Crippen molar-refractivity contribution in [3.63, 3.8) is 0 Å². The number of benzene rings is 2. The molecule has 0 radical (unpaired) electrons. The Bertz CT molecular complexity index is 785. The van der Waals surface area contributed by atoms with Gasteiger partial charge in [-0.1, -0.05) is 77.9 Å². The molecule has 0 spiro atoms. The van der Waals surface area contributed by atoms with E-state index in [1.54, 1.807) is 0 Å². The lowest BCUT2D eigenvalue weighted by Gasteiger charge is -2.16. The third-order valence-corrected chi connectivity index (χ3v) is 3.77. The highest BCUT2D eigenvalue weighted by molar-refractivity contribution is 6.16. The van der Waals surface area contributed by atoms with Crippen LogP contribution in [0.4, 0.5) is 0 Å². The summed E-state index contributed by atoms with van der Waals surface area (Å²) in [6.45, 7) is 4.23. The van der Waals surface area contributed by atoms with Gasteiger partial charge in [-0.15, -0.1) is 0 Å². The second-order valence-electron chi connectivity index (χ2n) is 5.66. The molecule has 3 rings (SSSR count). The maximum atomic E-state index is 8.29. The molecule has 2 aromatic carbocycles. The SMILES string of the molecule is Cc1cc(C)cc(/C(=C2/C=CC=CC2=N)c2ccccc2)c1. The van der Waals surface area contributed by atoms with Crippen LogP contribution in [0.1, 0.15) is 22.3 Å². The summed E-state index contributed by atoms with van der Waals surface area (Å²) in [5.41, 5.74) is 7.45. The molecule has 0 fully saturated rings. The van der Waals surface area contributed by atoms with Gasteiger partial charge in [0.1, 0.15) is 0 Å². The first-order valence-electron chi connectivity index (χ1n) is 7.47. The van der Waals surface area contributed by atoms with E-state index in [-0.39, 0.29) is 0 Å². The second-order valence-corrected chi connectivity index (χ2v) is 5.66. The second kappa shape index (κ2) is 5.98. The highest BCUT2D eigenvalue weighted by Gasteiger charge is 2.14. The Kier molecular flexibility index (Phi) is 3.88. The Morgan fingerprint density at radius 1 is 0.773 bits per heavy atom. The average molecular weight is 285 g/mol. The van der Waals surface area contributed by atoms with Gasteiger partial charge in [0, 0.05) is 5.57 Å². The third-order valence-electron chi connectivity index (χ3n) is 3.77. The van der Waals surface area contributed by atoms with E-state index in [9.17, 15) is 0 Å². The molecule has 0 aliphatic heterocycles. The lowest BCUT2D eigenvalue weighted by molar-refractivity contribution is 1.36. The van der Waals surface area contributed by atoms with Gasteiger partial charge in [0.25, 0.3) is 0 Å². The molecule has 0 atom stereocenters. The van der Waals surface area contributed by atoms with E-state index in [1.807, 2.05) is 42.5 Å². The van der Waals surface area contributed by atoms with Crippen molar-refractivity contribution >= 4 is 11.3 Å². The normalized spacial score (nSPS) is 16.0. The summed E-state index contributed by atoms with van der Waals surface area (Å²) in [6, 6.07) is 16.9. The quantitative estimate of drug-likeness (QED) is 0.779. The zero-order chi connectivity index (χ0) is 15.5. The van der Waals surface area contributed by atoms with Crippen molar-refractivity contribution in [1.82, 2.24) is 0 Å². The van der Waals surface area contributed by atoms with Crippen LogP contribution in [0, 0.1) is 19.3 Å². The van der Waals surface area contributed by atoms with E-state index in [1.165, 1.54) is 16.7 Å². The minimum absolute atomic E-state index is 0.556. The van der Waals surface area contributed by atoms with Gasteiger partial charge in [0.15, 0.2) is 0 Å². The Balaban J connectivity index is 2.29. The molecule has 1 heteroatoms. The summed E-state index contributed by atoms with van der Waals surface area (Å²) in [6.07, 6.45) is 7.79. The fourth-order valence-electron chi connectivity index (χ4n) is 2.90. The van der Waals surface area contributed by atoms with Crippen LogP contribution in [0.5, 0.6) is 0 Å².